The molecule has 0 unspecified atom stereocenters. The normalized spacial score (nSPS) is 14.0. The van der Waals surface area contributed by atoms with Crippen molar-refractivity contribution in [2.45, 2.75) is 58.3 Å². The number of alkyl halides is 3. The summed E-state index contributed by atoms with van der Waals surface area (Å²) < 4.78 is 43.2. The second kappa shape index (κ2) is 21.6. The minimum Gasteiger partial charge on any atom is -0.493 e. The number of hydrogen-bond acceptors (Lipinski definition) is 8. The molecule has 1 fully saturated rings. The zero-order valence-corrected chi connectivity index (χ0v) is 29.3. The van der Waals surface area contributed by atoms with E-state index in [1.54, 1.807) is 7.11 Å². The molecule has 0 bridgehead atoms. The molecule has 1 aromatic heterocycles. The maximum absolute atomic E-state index is 12.4. The molecule has 278 valence electrons. The molecule has 3 aromatic rings. The number of ether oxygens (including phenoxy) is 2. The fraction of sp³-hybridized carbons (Fsp3) is 0.459. The van der Waals surface area contributed by atoms with Crippen LogP contribution in [0.5, 0.6) is 5.75 Å². The van der Waals surface area contributed by atoms with Crippen LogP contribution < -0.4 is 15.8 Å². The summed E-state index contributed by atoms with van der Waals surface area (Å²) in [4.78, 5) is 34.7. The molecule has 1 aliphatic heterocycles. The highest BCUT2D eigenvalue weighted by atomic mass is 19.4. The number of carbonyl (C=O) groups is 2. The number of carbonyl (C=O) groups excluding carboxylic acids is 1. The second-order valence-corrected chi connectivity index (χ2v) is 12.1. The molecule has 1 saturated heterocycles. The van der Waals surface area contributed by atoms with E-state index in [4.69, 9.17) is 25.1 Å². The number of hydrogen-bond donors (Lipinski definition) is 3. The minimum absolute atomic E-state index is 0.139. The zero-order valence-electron chi connectivity index (χ0n) is 29.3. The fourth-order valence-electron chi connectivity index (χ4n) is 5.23. The van der Waals surface area contributed by atoms with Crippen molar-refractivity contribution in [2.24, 2.45) is 10.7 Å². The number of nitrogens with two attached hydrogens (primary N) is 1. The maximum Gasteiger partial charge on any atom is 0.490 e. The molecule has 2 aromatic carbocycles. The monoisotopic (exact) mass is 714 g/mol. The lowest BCUT2D eigenvalue weighted by molar-refractivity contribution is -0.192. The van der Waals surface area contributed by atoms with E-state index in [0.29, 0.717) is 32.6 Å². The summed E-state index contributed by atoms with van der Waals surface area (Å²) in [5, 5.41) is 9.82. The van der Waals surface area contributed by atoms with Crippen LogP contribution in [0.15, 0.2) is 72.0 Å². The molecule has 4 rings (SSSR count). The van der Waals surface area contributed by atoms with Crippen LogP contribution in [0.25, 0.3) is 11.1 Å². The standard InChI is InChI=1S/C35H48N6O3.C2HF3O2/c1-3-4-16-38-35(36)39-34(42)13-9-28-8-12-32(33(25-28)44-24-5-23-43-2)31-10-6-29(7-11-31)26-40-19-21-41(22-20-40)27-30-14-17-37-18-15-30;3-2(4,5)1(6)7/h6-8,10-12,14-15,17-18,25H,3-5,9,13,16,19-24,26-27H2,1-2H3,(H3,36,38,39,42);(H,6,7). The Hall–Kier alpha value is -4.53. The van der Waals surface area contributed by atoms with Crippen molar-refractivity contribution in [2.75, 3.05) is 53.0 Å². The number of unbranched alkanes of at least 4 members (excludes halogenated alkanes) is 1. The van der Waals surface area contributed by atoms with Crippen LogP contribution in [-0.4, -0.2) is 97.0 Å². The van der Waals surface area contributed by atoms with E-state index in [0.717, 1.165) is 81.0 Å². The van der Waals surface area contributed by atoms with Gasteiger partial charge < -0.3 is 20.3 Å². The van der Waals surface area contributed by atoms with E-state index < -0.39 is 12.1 Å². The first kappa shape index (κ1) is 40.9. The van der Waals surface area contributed by atoms with Gasteiger partial charge in [0.15, 0.2) is 5.96 Å². The Morgan fingerprint density at radius 3 is 2.08 bits per heavy atom. The van der Waals surface area contributed by atoms with Crippen LogP contribution in [0.4, 0.5) is 13.2 Å². The molecule has 0 radical (unpaired) electrons. The Labute approximate surface area is 297 Å². The zero-order chi connectivity index (χ0) is 37.1. The number of halogens is 3. The molecular formula is C37H49F3N6O5. The van der Waals surface area contributed by atoms with Gasteiger partial charge in [-0.3, -0.25) is 29.9 Å². The van der Waals surface area contributed by atoms with E-state index >= 15 is 0 Å². The SMILES string of the molecule is CCCCN=C(N)NC(=O)CCc1ccc(-c2ccc(CN3CCN(Cc4ccncc4)CC3)cc2)c(OCCCOC)c1.O=C(O)C(F)(F)F. The van der Waals surface area contributed by atoms with Gasteiger partial charge in [0.2, 0.25) is 5.91 Å². The Kier molecular flexibility index (Phi) is 17.3. The van der Waals surface area contributed by atoms with Gasteiger partial charge >= 0.3 is 12.1 Å². The summed E-state index contributed by atoms with van der Waals surface area (Å²) in [6, 6.07) is 19.2. The number of piperazine rings is 1. The highest BCUT2D eigenvalue weighted by Gasteiger charge is 2.38. The number of benzene rings is 2. The topological polar surface area (TPSA) is 143 Å². The van der Waals surface area contributed by atoms with Gasteiger partial charge in [-0.05, 0) is 53.3 Å². The molecule has 4 N–H and O–H groups in total. The number of carboxylic acids is 1. The minimum atomic E-state index is -5.08. The Bertz CT molecular complexity index is 1520. The number of nitrogens with zero attached hydrogens (tertiary/aromatic N) is 4. The predicted octanol–water partition coefficient (Wildman–Crippen LogP) is 5.28. The predicted molar refractivity (Wildman–Crippen MR) is 190 cm³/mol. The van der Waals surface area contributed by atoms with E-state index in [-0.39, 0.29) is 11.9 Å². The average Bonchev–Trinajstić information content (AvgIpc) is 3.11. The van der Waals surface area contributed by atoms with Crippen LogP contribution in [0.1, 0.15) is 49.3 Å². The Morgan fingerprint density at radius 1 is 0.922 bits per heavy atom. The number of rotatable bonds is 16. The van der Waals surface area contributed by atoms with Crippen molar-refractivity contribution in [3.63, 3.8) is 0 Å². The molecule has 2 heterocycles. The number of aliphatic carboxylic acids is 1. The Morgan fingerprint density at radius 2 is 1.51 bits per heavy atom. The lowest BCUT2D eigenvalue weighted by Gasteiger charge is -2.34. The summed E-state index contributed by atoms with van der Waals surface area (Å²) in [6.45, 7) is 10.1. The van der Waals surface area contributed by atoms with Gasteiger partial charge in [-0.1, -0.05) is 49.7 Å². The van der Waals surface area contributed by atoms with Crippen molar-refractivity contribution in [1.82, 2.24) is 20.1 Å². The van der Waals surface area contributed by atoms with Crippen molar-refractivity contribution in [1.29, 1.82) is 0 Å². The third kappa shape index (κ3) is 15.5. The van der Waals surface area contributed by atoms with Crippen LogP contribution in [0.3, 0.4) is 0 Å². The molecule has 1 aliphatic rings. The van der Waals surface area contributed by atoms with Crippen LogP contribution in [0, 0.1) is 0 Å². The van der Waals surface area contributed by atoms with Gasteiger partial charge in [-0.2, -0.15) is 13.2 Å². The molecule has 0 spiro atoms. The molecule has 11 nitrogen and oxygen atoms in total. The van der Waals surface area contributed by atoms with Crippen molar-refractivity contribution in [3.05, 3.63) is 83.7 Å². The van der Waals surface area contributed by atoms with E-state index in [2.05, 4.69) is 80.5 Å². The number of aliphatic imine (C=N–C) groups is 1. The quantitative estimate of drug-likeness (QED) is 0.103. The van der Waals surface area contributed by atoms with E-state index in [1.165, 1.54) is 11.1 Å². The van der Waals surface area contributed by atoms with Gasteiger partial charge in [-0.25, -0.2) is 4.79 Å². The van der Waals surface area contributed by atoms with E-state index in [9.17, 15) is 18.0 Å². The second-order valence-electron chi connectivity index (χ2n) is 12.1. The summed E-state index contributed by atoms with van der Waals surface area (Å²) in [5.41, 5.74) is 11.7. The molecular weight excluding hydrogens is 665 g/mol. The number of guanidine groups is 1. The fourth-order valence-corrected chi connectivity index (χ4v) is 5.23. The smallest absolute Gasteiger partial charge is 0.490 e. The first-order chi connectivity index (χ1) is 24.5. The highest BCUT2D eigenvalue weighted by molar-refractivity contribution is 5.96. The highest BCUT2D eigenvalue weighted by Crippen LogP contribution is 2.32. The number of methoxy groups -OCH3 is 1. The number of aryl methyl sites for hydroxylation is 1. The Balaban J connectivity index is 0.000000908. The number of pyridine rings is 1. The summed E-state index contributed by atoms with van der Waals surface area (Å²) >= 11 is 0. The molecule has 1 amide bonds. The molecule has 51 heavy (non-hydrogen) atoms. The summed E-state index contributed by atoms with van der Waals surface area (Å²) in [5.74, 6) is -1.89. The molecule has 0 atom stereocenters. The first-order valence-corrected chi connectivity index (χ1v) is 17.1. The van der Waals surface area contributed by atoms with Crippen molar-refractivity contribution < 1.29 is 37.3 Å². The average molecular weight is 715 g/mol. The van der Waals surface area contributed by atoms with Gasteiger partial charge in [0, 0.05) is 90.3 Å². The third-order valence-electron chi connectivity index (χ3n) is 8.03. The van der Waals surface area contributed by atoms with Crippen molar-refractivity contribution >= 4 is 17.8 Å². The van der Waals surface area contributed by atoms with Gasteiger partial charge in [0.25, 0.3) is 0 Å². The van der Waals surface area contributed by atoms with Crippen LogP contribution >= 0.6 is 0 Å². The van der Waals surface area contributed by atoms with Gasteiger partial charge in [-0.15, -0.1) is 0 Å². The number of nitrogens with one attached hydrogen (secondary N) is 1. The van der Waals surface area contributed by atoms with Crippen molar-refractivity contribution in [3.8, 4) is 16.9 Å². The molecule has 0 saturated carbocycles. The lowest BCUT2D eigenvalue weighted by Crippen LogP contribution is -2.45. The molecule has 0 aliphatic carbocycles. The third-order valence-corrected chi connectivity index (χ3v) is 8.03. The first-order valence-electron chi connectivity index (χ1n) is 17.1. The van der Waals surface area contributed by atoms with E-state index in [1.807, 2.05) is 18.5 Å². The summed E-state index contributed by atoms with van der Waals surface area (Å²) in [7, 11) is 1.70. The van der Waals surface area contributed by atoms with Gasteiger partial charge in [0.05, 0.1) is 6.61 Å². The summed E-state index contributed by atoms with van der Waals surface area (Å²) in [6.07, 6.45) is 2.33. The number of carboxylic acid groups (broad SMARTS) is 1. The molecule has 14 heteroatoms. The van der Waals surface area contributed by atoms with Gasteiger partial charge in [0.1, 0.15) is 5.75 Å². The number of amides is 1. The van der Waals surface area contributed by atoms with Crippen LogP contribution in [0.2, 0.25) is 0 Å². The number of aromatic nitrogens is 1. The largest absolute Gasteiger partial charge is 0.493 e. The van der Waals surface area contributed by atoms with Crippen LogP contribution in [-0.2, 0) is 33.8 Å². The maximum atomic E-state index is 12.4. The lowest BCUT2D eigenvalue weighted by atomic mass is 9.99.